The van der Waals surface area contributed by atoms with Gasteiger partial charge in [-0.15, -0.1) is 0 Å². The molecule has 7 aromatic heterocycles. The first-order valence-corrected chi connectivity index (χ1v) is 22.1. The molecule has 10 aromatic rings. The van der Waals surface area contributed by atoms with E-state index in [9.17, 15) is 24.0 Å². The van der Waals surface area contributed by atoms with Gasteiger partial charge in [0.1, 0.15) is 22.2 Å². The number of rotatable bonds is 10. The van der Waals surface area contributed by atoms with Gasteiger partial charge < -0.3 is 25.5 Å². The molecule has 334 valence electrons. The lowest BCUT2D eigenvalue weighted by molar-refractivity contribution is 0.454. The fourth-order valence-electron chi connectivity index (χ4n) is 6.64. The second-order valence-corrected chi connectivity index (χ2v) is 16.7. The van der Waals surface area contributed by atoms with Crippen LogP contribution in [0.3, 0.4) is 0 Å². The van der Waals surface area contributed by atoms with Crippen molar-refractivity contribution in [2.75, 3.05) is 5.32 Å². The summed E-state index contributed by atoms with van der Waals surface area (Å²) in [7, 11) is -1.47. The summed E-state index contributed by atoms with van der Waals surface area (Å²) in [4.78, 5) is 55.3. The van der Waals surface area contributed by atoms with Crippen LogP contribution in [0.5, 0.6) is 11.8 Å². The van der Waals surface area contributed by atoms with Gasteiger partial charge in [0.25, 0.3) is 0 Å². The standard InChI is InChI=1S/C23H17ClN6O3S.C22H17ClN8O2/c24-16-7-4-8-17(10-16)26-19-11-20(34(33)13-14-5-2-1-3-6-14)30-21(28-19)15(12-25-30)9-18-22(31)29-23(32)27-18;23-14-4-3-6-15(9-14)27-18-10-19(25-12-16-5-1-2-7-24-16)31-20(29-18)13(11-26-31)8-17-21(32)30-22(33)28-17/h1-12,31H,13H2,(H2,27,29,32);1-11,27,32H,12H2,(H2,28,30,33). The lowest BCUT2D eigenvalue weighted by Gasteiger charge is -2.07. The maximum absolute atomic E-state index is 13.4. The lowest BCUT2D eigenvalue weighted by Crippen LogP contribution is -2.19. The summed E-state index contributed by atoms with van der Waals surface area (Å²) < 4.78 is 16.4. The molecular formula is C45H34Cl2N14O5S. The minimum Gasteiger partial charge on any atom is -0.493 e. The van der Waals surface area contributed by atoms with E-state index in [1.807, 2.05) is 60.7 Å². The Labute approximate surface area is 388 Å². The van der Waals surface area contributed by atoms with Gasteiger partial charge in [0, 0.05) is 44.5 Å². The number of H-pyrrole nitrogens is 4. The molecule has 0 radical (unpaired) electrons. The lowest BCUT2D eigenvalue weighted by atomic mass is 10.2. The molecule has 0 saturated heterocycles. The molecular weight excluding hydrogens is 920 g/mol. The SMILES string of the molecule is O=c1[nH]c(O)c(C=c2cnn3c(=NCc4ccccn4)cc(Nc4cccc(Cl)c4)nc23)[nH]1.O=c1[nH]c(O)c(C=c2cnn3c(S(=O)Cc4ccccc4)cc(=Nc4cccc(Cl)c4)nc23)[nH]1. The minimum absolute atomic E-state index is 0.172. The summed E-state index contributed by atoms with van der Waals surface area (Å²) in [6.07, 6.45) is 7.91. The van der Waals surface area contributed by atoms with Gasteiger partial charge in [-0.1, -0.05) is 71.7 Å². The molecule has 67 heavy (non-hydrogen) atoms. The molecule has 7 heterocycles. The highest BCUT2D eigenvalue weighted by Gasteiger charge is 2.15. The predicted molar refractivity (Wildman–Crippen MR) is 251 cm³/mol. The van der Waals surface area contributed by atoms with E-state index in [4.69, 9.17) is 23.2 Å². The third-order valence-electron chi connectivity index (χ3n) is 9.66. The largest absolute Gasteiger partial charge is 0.493 e. The van der Waals surface area contributed by atoms with Crippen LogP contribution in [0.25, 0.3) is 23.4 Å². The van der Waals surface area contributed by atoms with E-state index >= 15 is 0 Å². The zero-order valence-electron chi connectivity index (χ0n) is 34.5. The average Bonchev–Trinajstić information content (AvgIpc) is 4.08. The number of aromatic nitrogens is 11. The zero-order chi connectivity index (χ0) is 46.4. The second kappa shape index (κ2) is 19.3. The van der Waals surface area contributed by atoms with Crippen LogP contribution >= 0.6 is 23.2 Å². The first kappa shape index (κ1) is 43.8. The number of imidazole rings is 2. The van der Waals surface area contributed by atoms with Crippen LogP contribution in [-0.4, -0.2) is 68.5 Å². The smallest absolute Gasteiger partial charge is 0.326 e. The number of aromatic hydroxyl groups is 2. The molecule has 0 aliphatic carbocycles. The van der Waals surface area contributed by atoms with Crippen LogP contribution in [0.2, 0.25) is 10.0 Å². The Bertz CT molecular complexity index is 3830. The van der Waals surface area contributed by atoms with E-state index in [1.54, 1.807) is 71.5 Å². The minimum atomic E-state index is -1.47. The molecule has 1 unspecified atom stereocenters. The molecule has 0 amide bonds. The van der Waals surface area contributed by atoms with Crippen molar-refractivity contribution < 1.29 is 14.4 Å². The Hall–Kier alpha value is -8.46. The van der Waals surface area contributed by atoms with Crippen LogP contribution < -0.4 is 38.1 Å². The number of benzene rings is 3. The van der Waals surface area contributed by atoms with E-state index in [-0.39, 0.29) is 28.9 Å². The topological polar surface area (TPSA) is 265 Å². The van der Waals surface area contributed by atoms with Crippen molar-refractivity contribution in [3.8, 4) is 11.8 Å². The van der Waals surface area contributed by atoms with Gasteiger partial charge in [0.05, 0.1) is 46.9 Å². The first-order valence-electron chi connectivity index (χ1n) is 20.0. The van der Waals surface area contributed by atoms with Crippen LogP contribution in [-0.2, 0) is 23.1 Å². The van der Waals surface area contributed by atoms with Gasteiger partial charge in [-0.2, -0.15) is 14.7 Å². The number of nitrogens with one attached hydrogen (secondary N) is 5. The van der Waals surface area contributed by atoms with E-state index in [0.717, 1.165) is 16.9 Å². The molecule has 19 nitrogen and oxygen atoms in total. The number of halogens is 2. The van der Waals surface area contributed by atoms with Crippen LogP contribution in [0.4, 0.5) is 17.2 Å². The molecule has 0 spiro atoms. The number of aromatic amines is 4. The number of pyridine rings is 1. The van der Waals surface area contributed by atoms with Crippen molar-refractivity contribution in [1.29, 1.82) is 0 Å². The average molecular weight is 954 g/mol. The van der Waals surface area contributed by atoms with Gasteiger partial charge in [0.15, 0.2) is 22.3 Å². The number of anilines is 2. The fourth-order valence-corrected chi connectivity index (χ4v) is 8.23. The van der Waals surface area contributed by atoms with Gasteiger partial charge in [-0.25, -0.2) is 29.1 Å². The molecule has 7 N–H and O–H groups in total. The highest BCUT2D eigenvalue weighted by molar-refractivity contribution is 7.84. The molecule has 0 bridgehead atoms. The van der Waals surface area contributed by atoms with Gasteiger partial charge in [-0.05, 0) is 66.2 Å². The number of fused-ring (bicyclic) bond motifs is 2. The normalized spacial score (nSPS) is 13.0. The van der Waals surface area contributed by atoms with Gasteiger partial charge in [-0.3, -0.25) is 24.2 Å². The second-order valence-electron chi connectivity index (χ2n) is 14.4. The summed E-state index contributed by atoms with van der Waals surface area (Å²) in [6, 6.07) is 32.8. The quantitative estimate of drug-likeness (QED) is 0.0961. The predicted octanol–water partition coefficient (Wildman–Crippen LogP) is 4.08. The third-order valence-corrected chi connectivity index (χ3v) is 11.5. The Morgan fingerprint density at radius 2 is 1.37 bits per heavy atom. The van der Waals surface area contributed by atoms with Gasteiger partial charge >= 0.3 is 11.4 Å². The molecule has 10 rings (SSSR count). The number of hydrogen-bond donors (Lipinski definition) is 7. The summed E-state index contributed by atoms with van der Waals surface area (Å²) >= 11 is 12.2. The van der Waals surface area contributed by atoms with Crippen molar-refractivity contribution in [3.63, 3.8) is 0 Å². The third kappa shape index (κ3) is 10.4. The van der Waals surface area contributed by atoms with Crippen molar-refractivity contribution in [2.45, 2.75) is 17.3 Å². The molecule has 0 aliphatic heterocycles. The molecule has 0 fully saturated rings. The van der Waals surface area contributed by atoms with Crippen molar-refractivity contribution in [1.82, 2.24) is 54.1 Å². The van der Waals surface area contributed by atoms with Crippen molar-refractivity contribution >= 4 is 74.6 Å². The number of hydrogen-bond acceptors (Lipinski definition) is 13. The summed E-state index contributed by atoms with van der Waals surface area (Å²) in [5.74, 6) is 0.220. The number of nitrogens with zero attached hydrogens (tertiary/aromatic N) is 9. The zero-order valence-corrected chi connectivity index (χ0v) is 36.8. The molecule has 0 aliphatic rings. The van der Waals surface area contributed by atoms with Crippen LogP contribution in [0.15, 0.2) is 152 Å². The summed E-state index contributed by atoms with van der Waals surface area (Å²) in [5, 5.41) is 34.4. The summed E-state index contributed by atoms with van der Waals surface area (Å²) in [6.45, 7) is 0.349. The highest BCUT2D eigenvalue weighted by Crippen LogP contribution is 2.20. The maximum Gasteiger partial charge on any atom is 0.326 e. The first-order chi connectivity index (χ1) is 32.5. The van der Waals surface area contributed by atoms with Gasteiger partial charge in [0.2, 0.25) is 11.8 Å². The van der Waals surface area contributed by atoms with E-state index in [1.165, 1.54) is 16.8 Å². The van der Waals surface area contributed by atoms with E-state index < -0.39 is 22.2 Å². The van der Waals surface area contributed by atoms with E-state index in [0.29, 0.717) is 65.8 Å². The van der Waals surface area contributed by atoms with Crippen molar-refractivity contribution in [3.05, 3.63) is 203 Å². The highest BCUT2D eigenvalue weighted by atomic mass is 35.5. The Kier molecular flexibility index (Phi) is 12.6. The molecule has 0 saturated carbocycles. The molecule has 3 aromatic carbocycles. The van der Waals surface area contributed by atoms with E-state index in [2.05, 4.69) is 60.4 Å². The Morgan fingerprint density at radius 3 is 2.01 bits per heavy atom. The van der Waals surface area contributed by atoms with Crippen molar-refractivity contribution in [2.24, 2.45) is 9.98 Å². The summed E-state index contributed by atoms with van der Waals surface area (Å²) in [5.41, 5.74) is 4.08. The maximum atomic E-state index is 13.4. The fraction of sp³-hybridized carbons (Fsp3) is 0.0444. The van der Waals surface area contributed by atoms with Crippen LogP contribution in [0.1, 0.15) is 22.6 Å². The Balaban J connectivity index is 0.000000168. The monoisotopic (exact) mass is 952 g/mol. The Morgan fingerprint density at radius 1 is 0.716 bits per heavy atom. The molecule has 22 heteroatoms. The van der Waals surface area contributed by atoms with Crippen LogP contribution in [0, 0.1) is 0 Å². The molecule has 1 atom stereocenters.